The molecule has 0 saturated carbocycles. The highest BCUT2D eigenvalue weighted by Crippen LogP contribution is 2.64. The average molecular weight is 383 g/mol. The van der Waals surface area contributed by atoms with E-state index in [0.29, 0.717) is 0 Å². The molecule has 0 radical (unpaired) electrons. The topological polar surface area (TPSA) is 0 Å². The molecule has 2 heteroatoms. The molecule has 0 aromatic heterocycles. The third-order valence-electron chi connectivity index (χ3n) is 4.86. The van der Waals surface area contributed by atoms with Crippen LogP contribution in [-0.2, 0) is 4.08 Å². The molecule has 0 fully saturated rings. The second kappa shape index (κ2) is 6.95. The molecule has 0 unspecified atom stereocenters. The normalized spacial score (nSPS) is 13.8. The maximum absolute atomic E-state index is 2.29. The maximum atomic E-state index is 2.29. The van der Waals surface area contributed by atoms with Crippen LogP contribution in [0.25, 0.3) is 11.1 Å². The molecule has 4 aromatic rings. The summed E-state index contributed by atoms with van der Waals surface area (Å²) >= 11 is 3.88. The maximum Gasteiger partial charge on any atom is 0.121 e. The minimum Gasteiger partial charge on any atom is -0.0981 e. The van der Waals surface area contributed by atoms with Crippen molar-refractivity contribution in [2.75, 3.05) is 0 Å². The molecule has 1 aliphatic carbocycles. The predicted molar refractivity (Wildman–Crippen MR) is 117 cm³/mol. The molecule has 0 spiro atoms. The molecule has 1 aliphatic rings. The Bertz CT molecular complexity index is 982. The smallest absolute Gasteiger partial charge is 0.0981 e. The number of thioether (sulfide) groups is 2. The van der Waals surface area contributed by atoms with Crippen LogP contribution in [0, 0.1) is 0 Å². The molecule has 0 N–H and O–H groups in total. The molecular formula is C25H18S2. The van der Waals surface area contributed by atoms with Gasteiger partial charge in [-0.25, -0.2) is 0 Å². The molecule has 5 rings (SSSR count). The van der Waals surface area contributed by atoms with E-state index in [-0.39, 0.29) is 4.08 Å². The van der Waals surface area contributed by atoms with Gasteiger partial charge in [-0.2, -0.15) is 0 Å². The van der Waals surface area contributed by atoms with Crippen LogP contribution in [0.4, 0.5) is 0 Å². The van der Waals surface area contributed by atoms with Gasteiger partial charge in [0.2, 0.25) is 0 Å². The van der Waals surface area contributed by atoms with Crippen molar-refractivity contribution in [2.24, 2.45) is 0 Å². The van der Waals surface area contributed by atoms with Gasteiger partial charge in [-0.15, -0.1) is 0 Å². The van der Waals surface area contributed by atoms with Crippen LogP contribution in [0.3, 0.4) is 0 Å². The zero-order valence-electron chi connectivity index (χ0n) is 14.7. The number of hydrogen-bond acceptors (Lipinski definition) is 2. The fourth-order valence-electron chi connectivity index (χ4n) is 3.70. The molecule has 130 valence electrons. The van der Waals surface area contributed by atoms with Crippen molar-refractivity contribution in [3.05, 3.63) is 120 Å². The van der Waals surface area contributed by atoms with E-state index in [4.69, 9.17) is 0 Å². The Labute approximate surface area is 168 Å². The Morgan fingerprint density at radius 1 is 0.407 bits per heavy atom. The minimum atomic E-state index is -0.199. The number of benzene rings is 4. The van der Waals surface area contributed by atoms with E-state index in [1.165, 1.54) is 32.0 Å². The second-order valence-corrected chi connectivity index (χ2v) is 9.37. The molecule has 0 bridgehead atoms. The fraction of sp³-hybridized carbons (Fsp3) is 0.0400. The summed E-state index contributed by atoms with van der Waals surface area (Å²) in [5.41, 5.74) is 5.46. The van der Waals surface area contributed by atoms with Crippen LogP contribution in [0.1, 0.15) is 11.1 Å². The molecule has 0 nitrogen and oxygen atoms in total. The zero-order valence-corrected chi connectivity index (χ0v) is 16.3. The van der Waals surface area contributed by atoms with E-state index in [9.17, 15) is 0 Å². The van der Waals surface area contributed by atoms with Gasteiger partial charge in [0.1, 0.15) is 4.08 Å². The lowest BCUT2D eigenvalue weighted by Gasteiger charge is -2.31. The van der Waals surface area contributed by atoms with Gasteiger partial charge in [-0.1, -0.05) is 108 Å². The summed E-state index contributed by atoms with van der Waals surface area (Å²) < 4.78 is -0.199. The van der Waals surface area contributed by atoms with Gasteiger partial charge in [0.05, 0.1) is 0 Å². The van der Waals surface area contributed by atoms with Crippen LogP contribution < -0.4 is 0 Å². The summed E-state index contributed by atoms with van der Waals surface area (Å²) in [4.78, 5) is 2.57. The van der Waals surface area contributed by atoms with Crippen molar-refractivity contribution in [1.82, 2.24) is 0 Å². The van der Waals surface area contributed by atoms with Gasteiger partial charge in [0, 0.05) is 9.79 Å². The van der Waals surface area contributed by atoms with Crippen molar-refractivity contribution in [3.8, 4) is 11.1 Å². The van der Waals surface area contributed by atoms with Gasteiger partial charge in [-0.3, -0.25) is 0 Å². The molecule has 0 saturated heterocycles. The Balaban J connectivity index is 1.75. The molecule has 0 amide bonds. The first-order valence-electron chi connectivity index (χ1n) is 9.04. The van der Waals surface area contributed by atoms with Crippen molar-refractivity contribution >= 4 is 23.5 Å². The van der Waals surface area contributed by atoms with E-state index >= 15 is 0 Å². The van der Waals surface area contributed by atoms with E-state index < -0.39 is 0 Å². The van der Waals surface area contributed by atoms with E-state index in [1.54, 1.807) is 0 Å². The Kier molecular flexibility index (Phi) is 4.31. The quantitative estimate of drug-likeness (QED) is 0.336. The lowest BCUT2D eigenvalue weighted by Crippen LogP contribution is -2.16. The first kappa shape index (κ1) is 16.7. The molecule has 0 heterocycles. The third kappa shape index (κ3) is 2.90. The largest absolute Gasteiger partial charge is 0.121 e. The number of rotatable bonds is 4. The summed E-state index contributed by atoms with van der Waals surface area (Å²) in [6.07, 6.45) is 0. The molecule has 27 heavy (non-hydrogen) atoms. The lowest BCUT2D eigenvalue weighted by atomic mass is 10.1. The van der Waals surface area contributed by atoms with E-state index in [2.05, 4.69) is 109 Å². The fourth-order valence-corrected chi connectivity index (χ4v) is 6.85. The SMILES string of the molecule is c1ccc(SC2(Sc3ccccc3)c3ccccc3-c3ccccc32)cc1. The van der Waals surface area contributed by atoms with Gasteiger partial charge in [0.25, 0.3) is 0 Å². The van der Waals surface area contributed by atoms with Crippen LogP contribution in [-0.4, -0.2) is 0 Å². The monoisotopic (exact) mass is 382 g/mol. The van der Waals surface area contributed by atoms with E-state index in [1.807, 2.05) is 23.5 Å². The summed E-state index contributed by atoms with van der Waals surface area (Å²) in [5.74, 6) is 0. The van der Waals surface area contributed by atoms with Crippen LogP contribution in [0.5, 0.6) is 0 Å². The third-order valence-corrected chi connectivity index (χ3v) is 7.83. The Morgan fingerprint density at radius 2 is 0.778 bits per heavy atom. The number of hydrogen-bond donors (Lipinski definition) is 0. The van der Waals surface area contributed by atoms with Crippen LogP contribution in [0.2, 0.25) is 0 Å². The van der Waals surface area contributed by atoms with Gasteiger partial charge in [-0.05, 0) is 46.5 Å². The number of fused-ring (bicyclic) bond motifs is 3. The van der Waals surface area contributed by atoms with Gasteiger partial charge < -0.3 is 0 Å². The van der Waals surface area contributed by atoms with Crippen molar-refractivity contribution in [2.45, 2.75) is 13.9 Å². The zero-order chi connectivity index (χ0) is 18.1. The molecule has 0 aliphatic heterocycles. The standard InChI is InChI=1S/C25H18S2/c1-3-11-19(12-4-1)26-25(27-20-13-5-2-6-14-20)23-17-9-7-15-21(23)22-16-8-10-18-24(22)25/h1-18H. The summed E-state index contributed by atoms with van der Waals surface area (Å²) in [6.45, 7) is 0. The second-order valence-electron chi connectivity index (χ2n) is 6.54. The highest BCUT2D eigenvalue weighted by molar-refractivity contribution is 8.17. The lowest BCUT2D eigenvalue weighted by molar-refractivity contribution is 1.11. The summed E-state index contributed by atoms with van der Waals surface area (Å²) in [5, 5.41) is 0. The Morgan fingerprint density at radius 3 is 1.22 bits per heavy atom. The van der Waals surface area contributed by atoms with E-state index in [0.717, 1.165) is 0 Å². The highest BCUT2D eigenvalue weighted by Gasteiger charge is 2.45. The predicted octanol–water partition coefficient (Wildman–Crippen LogP) is 7.45. The van der Waals surface area contributed by atoms with Gasteiger partial charge in [0.15, 0.2) is 0 Å². The average Bonchev–Trinajstić information content (AvgIpc) is 3.00. The Hall–Kier alpha value is -2.42. The first-order valence-corrected chi connectivity index (χ1v) is 10.7. The van der Waals surface area contributed by atoms with Gasteiger partial charge >= 0.3 is 0 Å². The molecule has 4 aromatic carbocycles. The minimum absolute atomic E-state index is 0.199. The van der Waals surface area contributed by atoms with Crippen molar-refractivity contribution in [1.29, 1.82) is 0 Å². The van der Waals surface area contributed by atoms with Crippen molar-refractivity contribution < 1.29 is 0 Å². The molecular weight excluding hydrogens is 364 g/mol. The van der Waals surface area contributed by atoms with Crippen LogP contribution in [0.15, 0.2) is 119 Å². The first-order chi connectivity index (χ1) is 13.4. The highest BCUT2D eigenvalue weighted by atomic mass is 32.2. The van der Waals surface area contributed by atoms with Crippen molar-refractivity contribution in [3.63, 3.8) is 0 Å². The summed E-state index contributed by atoms with van der Waals surface area (Å²) in [6, 6.07) is 39.2. The molecule has 0 atom stereocenters. The summed E-state index contributed by atoms with van der Waals surface area (Å²) in [7, 11) is 0. The van der Waals surface area contributed by atoms with Crippen LogP contribution >= 0.6 is 23.5 Å².